The third-order valence-electron chi connectivity index (χ3n) is 4.14. The summed E-state index contributed by atoms with van der Waals surface area (Å²) in [5.74, 6) is 2.63. The Morgan fingerprint density at radius 3 is 2.70 bits per heavy atom. The van der Waals surface area contributed by atoms with Crippen molar-refractivity contribution in [2.24, 2.45) is 5.92 Å². The predicted molar refractivity (Wildman–Crippen MR) is 84.3 cm³/mol. The highest BCUT2D eigenvalue weighted by Gasteiger charge is 2.24. The molecule has 1 unspecified atom stereocenters. The summed E-state index contributed by atoms with van der Waals surface area (Å²) >= 11 is 0. The van der Waals surface area contributed by atoms with E-state index in [9.17, 15) is 0 Å². The van der Waals surface area contributed by atoms with Crippen LogP contribution in [0.4, 0.5) is 11.6 Å². The van der Waals surface area contributed by atoms with Crippen LogP contribution < -0.4 is 10.6 Å². The van der Waals surface area contributed by atoms with E-state index in [1.165, 1.54) is 25.1 Å². The van der Waals surface area contributed by atoms with E-state index < -0.39 is 0 Å². The van der Waals surface area contributed by atoms with E-state index in [0.29, 0.717) is 6.04 Å². The van der Waals surface area contributed by atoms with Gasteiger partial charge >= 0.3 is 0 Å². The Balaban J connectivity index is 1.95. The van der Waals surface area contributed by atoms with Crippen LogP contribution in [0, 0.1) is 5.92 Å². The van der Waals surface area contributed by atoms with Crippen LogP contribution in [0.15, 0.2) is 6.33 Å². The number of likely N-dealkylation sites (tertiary alicyclic amines) is 1. The smallest absolute Gasteiger partial charge is 0.134 e. The fraction of sp³-hybridized carbons (Fsp3) is 0.733. The van der Waals surface area contributed by atoms with Crippen molar-refractivity contribution in [3.8, 4) is 0 Å². The van der Waals surface area contributed by atoms with Crippen molar-refractivity contribution in [2.75, 3.05) is 37.3 Å². The minimum absolute atomic E-state index is 0.654. The summed E-state index contributed by atoms with van der Waals surface area (Å²) in [4.78, 5) is 11.2. The van der Waals surface area contributed by atoms with Crippen LogP contribution in [-0.4, -0.2) is 47.6 Å². The summed E-state index contributed by atoms with van der Waals surface area (Å²) in [6, 6.07) is 0.654. The molecule has 2 rings (SSSR count). The van der Waals surface area contributed by atoms with E-state index in [1.54, 1.807) is 6.33 Å². The SMILES string of the molecule is CCc1c(NC)ncnc1NCC1CCN(C(C)C)C1. The highest BCUT2D eigenvalue weighted by Crippen LogP contribution is 2.22. The van der Waals surface area contributed by atoms with E-state index in [4.69, 9.17) is 0 Å². The lowest BCUT2D eigenvalue weighted by Crippen LogP contribution is -2.29. The van der Waals surface area contributed by atoms with Crippen LogP contribution in [0.3, 0.4) is 0 Å². The summed E-state index contributed by atoms with van der Waals surface area (Å²) in [6.45, 7) is 10.1. The van der Waals surface area contributed by atoms with Crippen molar-refractivity contribution >= 4 is 11.6 Å². The van der Waals surface area contributed by atoms with E-state index in [2.05, 4.69) is 46.3 Å². The van der Waals surface area contributed by atoms with Crippen LogP contribution in [-0.2, 0) is 6.42 Å². The molecule has 1 aromatic rings. The molecule has 2 heterocycles. The lowest BCUT2D eigenvalue weighted by Gasteiger charge is -2.20. The maximum Gasteiger partial charge on any atom is 0.134 e. The molecule has 1 aromatic heterocycles. The van der Waals surface area contributed by atoms with Gasteiger partial charge in [0.25, 0.3) is 0 Å². The molecule has 0 bridgehead atoms. The maximum atomic E-state index is 4.40. The fourth-order valence-electron chi connectivity index (χ4n) is 2.85. The molecule has 0 aromatic carbocycles. The minimum Gasteiger partial charge on any atom is -0.373 e. The van der Waals surface area contributed by atoms with Gasteiger partial charge in [-0.1, -0.05) is 6.92 Å². The third-order valence-corrected chi connectivity index (χ3v) is 4.14. The van der Waals surface area contributed by atoms with Gasteiger partial charge in [-0.25, -0.2) is 9.97 Å². The highest BCUT2D eigenvalue weighted by molar-refractivity contribution is 5.57. The van der Waals surface area contributed by atoms with Gasteiger partial charge < -0.3 is 15.5 Å². The zero-order chi connectivity index (χ0) is 14.5. The first-order valence-electron chi connectivity index (χ1n) is 7.65. The summed E-state index contributed by atoms with van der Waals surface area (Å²) in [5, 5.41) is 6.66. The summed E-state index contributed by atoms with van der Waals surface area (Å²) in [5.41, 5.74) is 1.17. The Morgan fingerprint density at radius 2 is 2.10 bits per heavy atom. The molecule has 0 spiro atoms. The quantitative estimate of drug-likeness (QED) is 0.835. The van der Waals surface area contributed by atoms with Gasteiger partial charge in [0.2, 0.25) is 0 Å². The Labute approximate surface area is 122 Å². The molecule has 1 aliphatic rings. The maximum absolute atomic E-state index is 4.40. The van der Waals surface area contributed by atoms with Crippen LogP contribution in [0.25, 0.3) is 0 Å². The molecule has 5 heteroatoms. The number of rotatable bonds is 6. The first-order chi connectivity index (χ1) is 9.65. The highest BCUT2D eigenvalue weighted by atomic mass is 15.2. The second-order valence-corrected chi connectivity index (χ2v) is 5.78. The summed E-state index contributed by atoms with van der Waals surface area (Å²) < 4.78 is 0. The van der Waals surface area contributed by atoms with Gasteiger partial charge in [-0.15, -0.1) is 0 Å². The molecule has 20 heavy (non-hydrogen) atoms. The lowest BCUT2D eigenvalue weighted by atomic mass is 10.1. The van der Waals surface area contributed by atoms with E-state index in [1.807, 2.05) is 7.05 Å². The zero-order valence-corrected chi connectivity index (χ0v) is 13.1. The topological polar surface area (TPSA) is 53.1 Å². The standard InChI is InChI=1S/C15H27N5/c1-5-13-14(16-4)18-10-19-15(13)17-8-12-6-7-20(9-12)11(2)3/h10-12H,5-9H2,1-4H3,(H2,16,17,18,19). The minimum atomic E-state index is 0.654. The average molecular weight is 277 g/mol. The Morgan fingerprint density at radius 1 is 1.35 bits per heavy atom. The molecule has 2 N–H and O–H groups in total. The van der Waals surface area contributed by atoms with Crippen molar-refractivity contribution in [3.63, 3.8) is 0 Å². The van der Waals surface area contributed by atoms with Crippen molar-refractivity contribution in [3.05, 3.63) is 11.9 Å². The van der Waals surface area contributed by atoms with E-state index >= 15 is 0 Å². The van der Waals surface area contributed by atoms with Crippen LogP contribution >= 0.6 is 0 Å². The van der Waals surface area contributed by atoms with Crippen molar-refractivity contribution < 1.29 is 0 Å². The molecule has 0 saturated carbocycles. The number of nitrogens with one attached hydrogen (secondary N) is 2. The molecule has 1 saturated heterocycles. The number of hydrogen-bond donors (Lipinski definition) is 2. The van der Waals surface area contributed by atoms with E-state index in [0.717, 1.165) is 30.5 Å². The van der Waals surface area contributed by atoms with Crippen LogP contribution in [0.1, 0.15) is 32.8 Å². The molecular formula is C15H27N5. The third kappa shape index (κ3) is 3.39. The van der Waals surface area contributed by atoms with Gasteiger partial charge in [-0.2, -0.15) is 0 Å². The van der Waals surface area contributed by atoms with Gasteiger partial charge in [0.1, 0.15) is 18.0 Å². The lowest BCUT2D eigenvalue weighted by molar-refractivity contribution is 0.266. The van der Waals surface area contributed by atoms with Gasteiger partial charge in [0.05, 0.1) is 0 Å². The van der Waals surface area contributed by atoms with Crippen LogP contribution in [0.2, 0.25) is 0 Å². The summed E-state index contributed by atoms with van der Waals surface area (Å²) in [7, 11) is 1.91. The average Bonchev–Trinajstić information content (AvgIpc) is 2.93. The van der Waals surface area contributed by atoms with Crippen LogP contribution in [0.5, 0.6) is 0 Å². The largest absolute Gasteiger partial charge is 0.373 e. The monoisotopic (exact) mass is 277 g/mol. The predicted octanol–water partition coefficient (Wildman–Crippen LogP) is 2.22. The molecule has 0 amide bonds. The molecule has 112 valence electrons. The first-order valence-corrected chi connectivity index (χ1v) is 7.65. The first kappa shape index (κ1) is 15.0. The second kappa shape index (κ2) is 6.88. The summed E-state index contributed by atoms with van der Waals surface area (Å²) in [6.07, 6.45) is 3.83. The zero-order valence-electron chi connectivity index (χ0n) is 13.1. The molecule has 1 aliphatic heterocycles. The Hall–Kier alpha value is -1.36. The number of anilines is 2. The van der Waals surface area contributed by atoms with Gasteiger partial charge in [0.15, 0.2) is 0 Å². The Bertz CT molecular complexity index is 432. The number of aromatic nitrogens is 2. The number of nitrogens with zero attached hydrogens (tertiary/aromatic N) is 3. The molecular weight excluding hydrogens is 250 g/mol. The van der Waals surface area contributed by atoms with Crippen molar-refractivity contribution in [1.29, 1.82) is 0 Å². The molecule has 1 fully saturated rings. The molecule has 0 radical (unpaired) electrons. The number of hydrogen-bond acceptors (Lipinski definition) is 5. The molecule has 0 aliphatic carbocycles. The Kier molecular flexibility index (Phi) is 5.17. The van der Waals surface area contributed by atoms with E-state index in [-0.39, 0.29) is 0 Å². The van der Waals surface area contributed by atoms with Gasteiger partial charge in [-0.3, -0.25) is 0 Å². The second-order valence-electron chi connectivity index (χ2n) is 5.78. The van der Waals surface area contributed by atoms with Gasteiger partial charge in [-0.05, 0) is 39.2 Å². The fourth-order valence-corrected chi connectivity index (χ4v) is 2.85. The van der Waals surface area contributed by atoms with Crippen molar-refractivity contribution in [1.82, 2.24) is 14.9 Å². The van der Waals surface area contributed by atoms with Gasteiger partial charge in [0, 0.05) is 31.7 Å². The molecule has 1 atom stereocenters. The molecule has 5 nitrogen and oxygen atoms in total. The van der Waals surface area contributed by atoms with Crippen molar-refractivity contribution in [2.45, 2.75) is 39.7 Å². The normalized spacial score (nSPS) is 19.6.